The molecule has 3 aromatic carbocycles. The van der Waals surface area contributed by atoms with Gasteiger partial charge in [0.25, 0.3) is 0 Å². The molecule has 0 saturated carbocycles. The highest BCUT2D eigenvalue weighted by Gasteiger charge is 2.02. The van der Waals surface area contributed by atoms with Crippen LogP contribution >= 0.6 is 0 Å². The highest BCUT2D eigenvalue weighted by molar-refractivity contribution is 5.91. The maximum absolute atomic E-state index is 11.9. The third kappa shape index (κ3) is 9.93. The zero-order valence-corrected chi connectivity index (χ0v) is 18.6. The number of allylic oxidation sites excluding steroid dienone is 2. The number of carbonyl (C=O) groups excluding carboxylic acids is 3. The maximum Gasteiger partial charge on any atom is 0.336 e. The first kappa shape index (κ1) is 26.6. The maximum atomic E-state index is 11.9. The van der Waals surface area contributed by atoms with Gasteiger partial charge in [0, 0.05) is 6.08 Å². The third-order valence-electron chi connectivity index (χ3n) is 3.95. The van der Waals surface area contributed by atoms with Crippen LogP contribution in [0.5, 0.6) is 17.2 Å². The van der Waals surface area contributed by atoms with Crippen LogP contribution in [0.3, 0.4) is 0 Å². The van der Waals surface area contributed by atoms with Crippen molar-refractivity contribution in [2.24, 2.45) is 0 Å². The molecular weight excluding hydrogens is 420 g/mol. The van der Waals surface area contributed by atoms with Crippen molar-refractivity contribution in [2.45, 2.75) is 0 Å². The van der Waals surface area contributed by atoms with Gasteiger partial charge in [-0.15, -0.1) is 0 Å². The number of benzene rings is 3. The number of rotatable bonds is 7. The van der Waals surface area contributed by atoms with Crippen molar-refractivity contribution < 1.29 is 28.6 Å². The van der Waals surface area contributed by atoms with Crippen LogP contribution in [0.25, 0.3) is 16.8 Å². The van der Waals surface area contributed by atoms with E-state index in [2.05, 4.69) is 13.2 Å². The average Bonchev–Trinajstić information content (AvgIpc) is 2.87. The normalized spacial score (nSPS) is 9.39. The molecule has 6 heteroatoms. The molecule has 0 N–H and O–H groups in total. The predicted octanol–water partition coefficient (Wildman–Crippen LogP) is 5.22. The van der Waals surface area contributed by atoms with E-state index in [1.54, 1.807) is 44.6 Å². The van der Waals surface area contributed by atoms with Crippen molar-refractivity contribution in [2.75, 3.05) is 14.2 Å². The molecule has 3 aromatic rings. The van der Waals surface area contributed by atoms with Gasteiger partial charge in [-0.3, -0.25) is 9.59 Å². The summed E-state index contributed by atoms with van der Waals surface area (Å²) < 4.78 is 15.5. The summed E-state index contributed by atoms with van der Waals surface area (Å²) in [6.07, 6.45) is 6.81. The fourth-order valence-electron chi connectivity index (χ4n) is 2.43. The third-order valence-corrected chi connectivity index (χ3v) is 3.95. The van der Waals surface area contributed by atoms with Gasteiger partial charge in [-0.2, -0.15) is 0 Å². The lowest BCUT2D eigenvalue weighted by molar-refractivity contribution is -0.128. The molecule has 0 aliphatic carbocycles. The van der Waals surface area contributed by atoms with E-state index in [4.69, 9.17) is 23.8 Å². The molecule has 0 heterocycles. The van der Waals surface area contributed by atoms with E-state index in [9.17, 15) is 4.79 Å². The Morgan fingerprint density at radius 3 is 1.76 bits per heavy atom. The van der Waals surface area contributed by atoms with Gasteiger partial charge in [0.15, 0.2) is 0 Å². The van der Waals surface area contributed by atoms with E-state index in [0.29, 0.717) is 24.1 Å². The van der Waals surface area contributed by atoms with Crippen LogP contribution in [0.15, 0.2) is 92.0 Å². The minimum Gasteiger partial charge on any atom is -0.497 e. The molecule has 3 rings (SSSR count). The van der Waals surface area contributed by atoms with Gasteiger partial charge in [-0.1, -0.05) is 31.4 Å². The Balaban J connectivity index is 0.000000591. The lowest BCUT2D eigenvalue weighted by Gasteiger charge is -2.04. The largest absolute Gasteiger partial charge is 0.497 e. The Morgan fingerprint density at radius 1 is 0.727 bits per heavy atom. The van der Waals surface area contributed by atoms with E-state index in [-0.39, 0.29) is 0 Å². The molecule has 0 spiro atoms. The summed E-state index contributed by atoms with van der Waals surface area (Å²) in [6.45, 7) is 6.22. The molecule has 0 unspecified atom stereocenters. The molecule has 0 aliphatic rings. The Morgan fingerprint density at radius 2 is 1.21 bits per heavy atom. The summed E-state index contributed by atoms with van der Waals surface area (Å²) in [5.74, 6) is 1.57. The Bertz CT molecular complexity index is 1070. The summed E-state index contributed by atoms with van der Waals surface area (Å²) in [5.41, 5.74) is 0.921. The molecule has 0 atom stereocenters. The molecule has 0 fully saturated rings. The molecule has 33 heavy (non-hydrogen) atoms. The first-order chi connectivity index (χ1) is 16.0. The molecule has 0 saturated heterocycles. The van der Waals surface area contributed by atoms with Gasteiger partial charge in [0.05, 0.1) is 14.2 Å². The molecule has 0 aliphatic heterocycles. The lowest BCUT2D eigenvalue weighted by Crippen LogP contribution is -2.03. The van der Waals surface area contributed by atoms with E-state index >= 15 is 0 Å². The number of hydrogen-bond acceptors (Lipinski definition) is 6. The highest BCUT2D eigenvalue weighted by Crippen LogP contribution is 2.22. The molecule has 0 amide bonds. The highest BCUT2D eigenvalue weighted by atomic mass is 16.5. The van der Waals surface area contributed by atoms with Gasteiger partial charge in [-0.05, 0) is 77.0 Å². The van der Waals surface area contributed by atoms with Crippen molar-refractivity contribution in [3.05, 3.63) is 97.6 Å². The number of carbonyl (C=O) groups is 3. The van der Waals surface area contributed by atoms with Crippen LogP contribution in [0.1, 0.15) is 5.56 Å². The standard InChI is InChI=1S/C21H18O4.2C3H4O/c1-23-18-8-10-19(11-9-18)25-21(22)12-4-15-3-5-17-14-20(24-2)7-6-16(17)13-15;2*1-2-3-4/h3-14H,1-2H3;2*2-3H,1H2/b12-4-;;. The van der Waals surface area contributed by atoms with Gasteiger partial charge in [0.1, 0.15) is 29.8 Å². The lowest BCUT2D eigenvalue weighted by atomic mass is 10.1. The summed E-state index contributed by atoms with van der Waals surface area (Å²) in [5, 5.41) is 2.16. The Hall–Kier alpha value is -4.45. The van der Waals surface area contributed by atoms with E-state index in [0.717, 1.165) is 22.1 Å². The van der Waals surface area contributed by atoms with Gasteiger partial charge in [-0.25, -0.2) is 4.79 Å². The van der Waals surface area contributed by atoms with Crippen molar-refractivity contribution in [3.8, 4) is 17.2 Å². The first-order valence-electron chi connectivity index (χ1n) is 9.75. The van der Waals surface area contributed by atoms with E-state index in [1.807, 2.05) is 36.4 Å². The smallest absolute Gasteiger partial charge is 0.336 e. The minimum absolute atomic E-state index is 0.431. The van der Waals surface area contributed by atoms with Crippen molar-refractivity contribution in [3.63, 3.8) is 0 Å². The van der Waals surface area contributed by atoms with Crippen LogP contribution in [-0.4, -0.2) is 32.8 Å². The Kier molecular flexibility index (Phi) is 12.4. The van der Waals surface area contributed by atoms with Crippen LogP contribution in [-0.2, 0) is 14.4 Å². The molecule has 6 nitrogen and oxygen atoms in total. The van der Waals surface area contributed by atoms with Crippen molar-refractivity contribution in [1.82, 2.24) is 0 Å². The van der Waals surface area contributed by atoms with E-state index in [1.165, 1.54) is 18.2 Å². The van der Waals surface area contributed by atoms with Crippen LogP contribution in [0.4, 0.5) is 0 Å². The molecular formula is C27H26O6. The fourth-order valence-corrected chi connectivity index (χ4v) is 2.43. The fraction of sp³-hybridized carbons (Fsp3) is 0.0741. The van der Waals surface area contributed by atoms with Gasteiger partial charge < -0.3 is 14.2 Å². The number of fused-ring (bicyclic) bond motifs is 1. The van der Waals surface area contributed by atoms with Gasteiger partial charge in [0.2, 0.25) is 0 Å². The SMILES string of the molecule is C=CC=O.C=CC=O.COc1ccc(OC(=O)/C=C\c2ccc3cc(OC)ccc3c2)cc1. The molecule has 0 aromatic heterocycles. The summed E-state index contributed by atoms with van der Waals surface area (Å²) in [4.78, 5) is 30.0. The van der Waals surface area contributed by atoms with Crippen molar-refractivity contribution in [1.29, 1.82) is 0 Å². The minimum atomic E-state index is -0.431. The number of methoxy groups -OCH3 is 2. The van der Waals surface area contributed by atoms with Crippen LogP contribution in [0.2, 0.25) is 0 Å². The second kappa shape index (κ2) is 15.4. The van der Waals surface area contributed by atoms with Crippen LogP contribution < -0.4 is 14.2 Å². The number of esters is 1. The predicted molar refractivity (Wildman–Crippen MR) is 131 cm³/mol. The second-order valence-corrected chi connectivity index (χ2v) is 6.15. The zero-order chi connectivity index (χ0) is 24.5. The van der Waals surface area contributed by atoms with Gasteiger partial charge >= 0.3 is 5.97 Å². The topological polar surface area (TPSA) is 78.9 Å². The monoisotopic (exact) mass is 446 g/mol. The zero-order valence-electron chi connectivity index (χ0n) is 18.6. The first-order valence-corrected chi connectivity index (χ1v) is 9.75. The van der Waals surface area contributed by atoms with Crippen molar-refractivity contribution >= 4 is 35.4 Å². The summed E-state index contributed by atoms with van der Waals surface area (Å²) in [7, 11) is 3.23. The Labute approximate surface area is 193 Å². The molecule has 0 bridgehead atoms. The number of aldehydes is 2. The number of hydrogen-bond donors (Lipinski definition) is 0. The van der Waals surface area contributed by atoms with Crippen LogP contribution in [0, 0.1) is 0 Å². The van der Waals surface area contributed by atoms with E-state index < -0.39 is 5.97 Å². The average molecular weight is 446 g/mol. The summed E-state index contributed by atoms with van der Waals surface area (Å²) in [6, 6.07) is 18.7. The quantitative estimate of drug-likeness (QED) is 0.214. The second-order valence-electron chi connectivity index (χ2n) is 6.15. The molecule has 170 valence electrons. The summed E-state index contributed by atoms with van der Waals surface area (Å²) >= 11 is 0. The number of ether oxygens (including phenoxy) is 3. The molecule has 0 radical (unpaired) electrons.